The van der Waals surface area contributed by atoms with Gasteiger partial charge in [0.05, 0.1) is 0 Å². The van der Waals surface area contributed by atoms with Gasteiger partial charge in [0, 0.05) is 10.0 Å². The van der Waals surface area contributed by atoms with Gasteiger partial charge in [0.2, 0.25) is 0 Å². The van der Waals surface area contributed by atoms with Gasteiger partial charge < -0.3 is 0 Å². The summed E-state index contributed by atoms with van der Waals surface area (Å²) in [4.78, 5) is 11.7. The van der Waals surface area contributed by atoms with E-state index < -0.39 is 0 Å². The van der Waals surface area contributed by atoms with Crippen LogP contribution >= 0.6 is 15.9 Å². The van der Waals surface area contributed by atoms with Gasteiger partial charge in [0.25, 0.3) is 0 Å². The Bertz CT molecular complexity index is 387. The van der Waals surface area contributed by atoms with E-state index in [0.29, 0.717) is 0 Å². The van der Waals surface area contributed by atoms with E-state index in [1.165, 1.54) is 0 Å². The molecule has 0 aliphatic rings. The predicted molar refractivity (Wildman–Crippen MR) is 62.6 cm³/mol. The van der Waals surface area contributed by atoms with Crippen LogP contribution in [-0.4, -0.2) is 5.78 Å². The average molecular weight is 253 g/mol. The zero-order valence-corrected chi connectivity index (χ0v) is 10.2. The molecule has 0 aliphatic carbocycles. The van der Waals surface area contributed by atoms with E-state index >= 15 is 0 Å². The first kappa shape index (κ1) is 11.2. The topological polar surface area (TPSA) is 17.1 Å². The summed E-state index contributed by atoms with van der Waals surface area (Å²) in [6.07, 6.45) is 1.65. The van der Waals surface area contributed by atoms with E-state index in [1.54, 1.807) is 6.08 Å². The molecule has 0 amide bonds. The molecule has 2 heteroatoms. The minimum atomic E-state index is 0.0561. The number of halogens is 1. The summed E-state index contributed by atoms with van der Waals surface area (Å²) in [5, 5.41) is 0. The monoisotopic (exact) mass is 252 g/mol. The number of benzene rings is 1. The van der Waals surface area contributed by atoms with Gasteiger partial charge in [-0.05, 0) is 54.4 Å². The predicted octanol–water partition coefficient (Wildman–Crippen LogP) is 3.91. The summed E-state index contributed by atoms with van der Waals surface area (Å²) in [5.41, 5.74) is 2.83. The maximum Gasteiger partial charge on any atom is 0.186 e. The lowest BCUT2D eigenvalue weighted by Gasteiger charge is -2.03. The van der Waals surface area contributed by atoms with Crippen LogP contribution in [0.4, 0.5) is 0 Å². The number of carbonyl (C=O) groups is 1. The van der Waals surface area contributed by atoms with Crippen molar-refractivity contribution in [1.29, 1.82) is 0 Å². The number of allylic oxidation sites excluding steroid dienone is 2. The van der Waals surface area contributed by atoms with Gasteiger partial charge in [0.15, 0.2) is 5.78 Å². The summed E-state index contributed by atoms with van der Waals surface area (Å²) < 4.78 is 0.891. The average Bonchev–Trinajstić information content (AvgIpc) is 2.08. The van der Waals surface area contributed by atoms with E-state index in [4.69, 9.17) is 0 Å². The van der Waals surface area contributed by atoms with Crippen molar-refractivity contribution in [3.8, 4) is 0 Å². The number of hydrogen-bond acceptors (Lipinski definition) is 1. The summed E-state index contributed by atoms with van der Waals surface area (Å²) in [5.74, 6) is 0.0561. The van der Waals surface area contributed by atoms with E-state index in [9.17, 15) is 4.79 Å². The van der Waals surface area contributed by atoms with Crippen molar-refractivity contribution in [3.63, 3.8) is 0 Å². The third-order valence-electron chi connectivity index (χ3n) is 1.88. The Balaban J connectivity index is 3.14. The first-order chi connectivity index (χ1) is 6.52. The van der Waals surface area contributed by atoms with Gasteiger partial charge in [0.1, 0.15) is 0 Å². The van der Waals surface area contributed by atoms with Gasteiger partial charge in [-0.25, -0.2) is 0 Å². The number of hydrogen-bond donors (Lipinski definition) is 0. The zero-order valence-electron chi connectivity index (χ0n) is 8.60. The smallest absolute Gasteiger partial charge is 0.186 e. The van der Waals surface area contributed by atoms with Crippen LogP contribution in [0.2, 0.25) is 0 Å². The molecule has 0 heterocycles. The van der Waals surface area contributed by atoms with Crippen LogP contribution in [0, 0.1) is 6.92 Å². The molecule has 0 atom stereocenters. The molecule has 0 N–H and O–H groups in total. The van der Waals surface area contributed by atoms with Crippen molar-refractivity contribution in [3.05, 3.63) is 45.4 Å². The van der Waals surface area contributed by atoms with E-state index in [2.05, 4.69) is 15.9 Å². The minimum Gasteiger partial charge on any atom is -0.289 e. The SMILES string of the molecule is CC(C)=CC(=O)c1cccc(C)c1Br. The molecule has 74 valence electrons. The first-order valence-corrected chi connectivity index (χ1v) is 5.26. The molecule has 0 radical (unpaired) electrons. The Hall–Kier alpha value is -0.890. The molecule has 0 fully saturated rings. The van der Waals surface area contributed by atoms with Crippen LogP contribution in [0.3, 0.4) is 0 Å². The molecule has 1 aromatic rings. The maximum atomic E-state index is 11.7. The molecule has 1 rings (SSSR count). The highest BCUT2D eigenvalue weighted by Crippen LogP contribution is 2.21. The largest absolute Gasteiger partial charge is 0.289 e. The highest BCUT2D eigenvalue weighted by atomic mass is 79.9. The van der Waals surface area contributed by atoms with Crippen LogP contribution in [-0.2, 0) is 0 Å². The van der Waals surface area contributed by atoms with Crippen molar-refractivity contribution in [2.75, 3.05) is 0 Å². The van der Waals surface area contributed by atoms with Crippen molar-refractivity contribution in [1.82, 2.24) is 0 Å². The first-order valence-electron chi connectivity index (χ1n) is 4.46. The molecule has 1 aromatic carbocycles. The number of rotatable bonds is 2. The maximum absolute atomic E-state index is 11.7. The summed E-state index contributed by atoms with van der Waals surface area (Å²) in [7, 11) is 0. The van der Waals surface area contributed by atoms with Crippen LogP contribution in [0.1, 0.15) is 29.8 Å². The van der Waals surface area contributed by atoms with Crippen LogP contribution in [0.15, 0.2) is 34.3 Å². The summed E-state index contributed by atoms with van der Waals surface area (Å²) in [6, 6.07) is 5.70. The van der Waals surface area contributed by atoms with E-state index in [-0.39, 0.29) is 5.78 Å². The van der Waals surface area contributed by atoms with Crippen molar-refractivity contribution < 1.29 is 4.79 Å². The minimum absolute atomic E-state index is 0.0561. The Kier molecular flexibility index (Phi) is 3.64. The van der Waals surface area contributed by atoms with Gasteiger partial charge in [-0.2, -0.15) is 0 Å². The highest BCUT2D eigenvalue weighted by molar-refractivity contribution is 9.10. The third kappa shape index (κ3) is 2.55. The van der Waals surface area contributed by atoms with Gasteiger partial charge in [-0.1, -0.05) is 17.7 Å². The molecule has 1 nitrogen and oxygen atoms in total. The normalized spacial score (nSPS) is 9.71. The van der Waals surface area contributed by atoms with Crippen molar-refractivity contribution >= 4 is 21.7 Å². The van der Waals surface area contributed by atoms with Crippen molar-refractivity contribution in [2.24, 2.45) is 0 Å². The molecule has 0 spiro atoms. The number of ketones is 1. The molecular weight excluding hydrogens is 240 g/mol. The molecule has 0 aliphatic heterocycles. The Morgan fingerprint density at radius 2 is 2.00 bits per heavy atom. The lowest BCUT2D eigenvalue weighted by Crippen LogP contribution is -1.97. The fraction of sp³-hybridized carbons (Fsp3) is 0.250. The fourth-order valence-electron chi connectivity index (χ4n) is 1.18. The molecule has 0 saturated heterocycles. The van der Waals surface area contributed by atoms with Crippen LogP contribution in [0.25, 0.3) is 0 Å². The fourth-order valence-corrected chi connectivity index (χ4v) is 1.64. The van der Waals surface area contributed by atoms with Gasteiger partial charge in [-0.3, -0.25) is 4.79 Å². The molecule has 0 unspecified atom stereocenters. The Morgan fingerprint density at radius 3 is 2.57 bits per heavy atom. The Labute approximate surface area is 93.0 Å². The second-order valence-electron chi connectivity index (χ2n) is 3.52. The summed E-state index contributed by atoms with van der Waals surface area (Å²) >= 11 is 3.42. The van der Waals surface area contributed by atoms with Crippen molar-refractivity contribution in [2.45, 2.75) is 20.8 Å². The quantitative estimate of drug-likeness (QED) is 0.577. The second-order valence-corrected chi connectivity index (χ2v) is 4.32. The van der Waals surface area contributed by atoms with E-state index in [1.807, 2.05) is 39.0 Å². The van der Waals surface area contributed by atoms with Gasteiger partial charge in [-0.15, -0.1) is 0 Å². The standard InChI is InChI=1S/C12H13BrO/c1-8(2)7-11(14)10-6-4-5-9(3)12(10)13/h4-7H,1-3H3. The van der Waals surface area contributed by atoms with Gasteiger partial charge >= 0.3 is 0 Å². The molecule has 0 aromatic heterocycles. The lowest BCUT2D eigenvalue weighted by atomic mass is 10.1. The highest BCUT2D eigenvalue weighted by Gasteiger charge is 2.08. The van der Waals surface area contributed by atoms with Crippen LogP contribution < -0.4 is 0 Å². The Morgan fingerprint density at radius 1 is 1.36 bits per heavy atom. The number of carbonyl (C=O) groups excluding carboxylic acids is 1. The lowest BCUT2D eigenvalue weighted by molar-refractivity contribution is 0.104. The molecule has 0 bridgehead atoms. The second kappa shape index (κ2) is 4.56. The van der Waals surface area contributed by atoms with Crippen LogP contribution in [0.5, 0.6) is 0 Å². The zero-order chi connectivity index (χ0) is 10.7. The summed E-state index contributed by atoms with van der Waals surface area (Å²) in [6.45, 7) is 5.81. The molecule has 14 heavy (non-hydrogen) atoms. The molecule has 0 saturated carbocycles. The molecular formula is C12H13BrO. The third-order valence-corrected chi connectivity index (χ3v) is 2.93. The number of aryl methyl sites for hydroxylation is 1. The van der Waals surface area contributed by atoms with E-state index in [0.717, 1.165) is 21.2 Å².